The minimum absolute atomic E-state index is 0.278. The largest absolute Gasteiger partial charge is 0.354 e. The molecule has 0 saturated heterocycles. The van der Waals surface area contributed by atoms with E-state index in [-0.39, 0.29) is 11.7 Å². The van der Waals surface area contributed by atoms with Crippen molar-refractivity contribution in [3.63, 3.8) is 0 Å². The van der Waals surface area contributed by atoms with Gasteiger partial charge in [-0.15, -0.1) is 0 Å². The second-order valence-corrected chi connectivity index (χ2v) is 9.21. The summed E-state index contributed by atoms with van der Waals surface area (Å²) in [5.41, 5.74) is 3.35. The Kier molecular flexibility index (Phi) is 7.79. The van der Waals surface area contributed by atoms with E-state index in [0.717, 1.165) is 22.9 Å². The van der Waals surface area contributed by atoms with Crippen molar-refractivity contribution in [2.24, 2.45) is 0 Å². The van der Waals surface area contributed by atoms with Crippen LogP contribution in [0.4, 0.5) is 10.1 Å². The van der Waals surface area contributed by atoms with E-state index in [1.165, 1.54) is 16.4 Å². The summed E-state index contributed by atoms with van der Waals surface area (Å²) in [6, 6.07) is 11.0. The third-order valence-electron chi connectivity index (χ3n) is 4.65. The summed E-state index contributed by atoms with van der Waals surface area (Å²) in [4.78, 5) is 12.8. The van der Waals surface area contributed by atoms with Gasteiger partial charge in [-0.1, -0.05) is 25.1 Å². The van der Waals surface area contributed by atoms with Crippen LogP contribution < -0.4 is 9.62 Å². The first-order valence-electron chi connectivity index (χ1n) is 9.71. The Labute approximate surface area is 173 Å². The molecule has 0 aromatic heterocycles. The average molecular weight is 421 g/mol. The summed E-state index contributed by atoms with van der Waals surface area (Å²) in [6.07, 6.45) is 2.85. The minimum atomic E-state index is -3.65. The lowest BCUT2D eigenvalue weighted by molar-refractivity contribution is -0.122. The van der Waals surface area contributed by atoms with Crippen LogP contribution in [0.3, 0.4) is 0 Å². The number of carbonyl (C=O) groups is 1. The highest BCUT2D eigenvalue weighted by Gasteiger charge is 2.31. The summed E-state index contributed by atoms with van der Waals surface area (Å²) in [7, 11) is -3.65. The first-order valence-corrected chi connectivity index (χ1v) is 11.6. The van der Waals surface area contributed by atoms with Crippen LogP contribution in [0.15, 0.2) is 42.5 Å². The van der Waals surface area contributed by atoms with Gasteiger partial charge in [-0.2, -0.15) is 0 Å². The van der Waals surface area contributed by atoms with E-state index in [9.17, 15) is 17.6 Å². The molecule has 5 nitrogen and oxygen atoms in total. The van der Waals surface area contributed by atoms with E-state index < -0.39 is 16.1 Å². The van der Waals surface area contributed by atoms with E-state index in [1.807, 2.05) is 19.9 Å². The number of nitrogens with zero attached hydrogens (tertiary/aromatic N) is 1. The number of carbonyl (C=O) groups excluding carboxylic acids is 1. The Hall–Kier alpha value is -2.41. The Morgan fingerprint density at radius 2 is 1.69 bits per heavy atom. The normalized spacial score (nSPS) is 12.4. The molecular formula is C22H29FN2O3S. The molecule has 1 N–H and O–H groups in total. The van der Waals surface area contributed by atoms with Crippen LogP contribution >= 0.6 is 0 Å². The van der Waals surface area contributed by atoms with E-state index >= 15 is 0 Å². The first kappa shape index (κ1) is 22.9. The zero-order valence-electron chi connectivity index (χ0n) is 17.4. The van der Waals surface area contributed by atoms with Crippen molar-refractivity contribution in [1.82, 2.24) is 5.32 Å². The molecule has 0 heterocycles. The van der Waals surface area contributed by atoms with Crippen molar-refractivity contribution < 1.29 is 17.6 Å². The second kappa shape index (κ2) is 9.87. The van der Waals surface area contributed by atoms with Gasteiger partial charge in [-0.25, -0.2) is 12.8 Å². The van der Waals surface area contributed by atoms with Gasteiger partial charge in [0, 0.05) is 6.54 Å². The van der Waals surface area contributed by atoms with Gasteiger partial charge in [-0.3, -0.25) is 9.10 Å². The predicted octanol–water partition coefficient (Wildman–Crippen LogP) is 3.74. The van der Waals surface area contributed by atoms with Crippen LogP contribution in [-0.4, -0.2) is 33.2 Å². The lowest BCUT2D eigenvalue weighted by atomic mass is 10.1. The molecule has 1 atom stereocenters. The van der Waals surface area contributed by atoms with Gasteiger partial charge in [0.1, 0.15) is 11.9 Å². The van der Waals surface area contributed by atoms with Crippen LogP contribution in [0.1, 0.15) is 36.5 Å². The first-order chi connectivity index (χ1) is 13.6. The van der Waals surface area contributed by atoms with Gasteiger partial charge in [0.15, 0.2) is 0 Å². The summed E-state index contributed by atoms with van der Waals surface area (Å²) in [5, 5.41) is 2.85. The van der Waals surface area contributed by atoms with Gasteiger partial charge in [0.05, 0.1) is 11.9 Å². The number of hydrogen-bond acceptors (Lipinski definition) is 3. The van der Waals surface area contributed by atoms with Crippen molar-refractivity contribution in [2.45, 2.75) is 46.1 Å². The van der Waals surface area contributed by atoms with Gasteiger partial charge >= 0.3 is 0 Å². The molecule has 0 aliphatic heterocycles. The smallest absolute Gasteiger partial charge is 0.243 e. The third-order valence-corrected chi connectivity index (χ3v) is 5.83. The molecule has 0 bridgehead atoms. The number of rotatable bonds is 9. The average Bonchev–Trinajstić information content (AvgIpc) is 2.62. The maximum Gasteiger partial charge on any atom is 0.243 e. The summed E-state index contributed by atoms with van der Waals surface area (Å²) in [5.74, 6) is -0.601. The number of benzene rings is 2. The Balaban J connectivity index is 2.08. The molecule has 158 valence electrons. The maximum absolute atomic E-state index is 13.0. The lowest BCUT2D eigenvalue weighted by Gasteiger charge is -2.30. The number of nitrogens with one attached hydrogen (secondary N) is 1. The quantitative estimate of drug-likeness (QED) is 0.629. The number of anilines is 1. The van der Waals surface area contributed by atoms with Gasteiger partial charge in [-0.05, 0) is 74.1 Å². The molecule has 29 heavy (non-hydrogen) atoms. The summed E-state index contributed by atoms with van der Waals surface area (Å²) in [6.45, 7) is 6.00. The number of hydrogen-bond donors (Lipinski definition) is 1. The molecule has 0 spiro atoms. The van der Waals surface area contributed by atoms with E-state index in [2.05, 4.69) is 5.32 Å². The molecule has 1 unspecified atom stereocenters. The SMILES string of the molecule is CCC(C(=O)NCCCc1ccc(F)cc1)N(c1cc(C)cc(C)c1)S(C)(=O)=O. The van der Waals surface area contributed by atoms with Crippen molar-refractivity contribution in [2.75, 3.05) is 17.1 Å². The maximum atomic E-state index is 13.0. The third kappa shape index (κ3) is 6.56. The molecular weight excluding hydrogens is 391 g/mol. The fraction of sp³-hybridized carbons (Fsp3) is 0.409. The van der Waals surface area contributed by atoms with Gasteiger partial charge < -0.3 is 5.32 Å². The monoisotopic (exact) mass is 420 g/mol. The van der Waals surface area contributed by atoms with E-state index in [0.29, 0.717) is 31.5 Å². The van der Waals surface area contributed by atoms with Crippen LogP contribution in [0.25, 0.3) is 0 Å². The molecule has 2 rings (SSSR count). The standard InChI is InChI=1S/C22H29FN2O3S/c1-5-21(22(26)24-12-6-7-18-8-10-19(23)11-9-18)25(29(4,27)28)20-14-16(2)13-17(3)15-20/h8-11,13-15,21H,5-7,12H2,1-4H3,(H,24,26). The summed E-state index contributed by atoms with van der Waals surface area (Å²) < 4.78 is 39.2. The predicted molar refractivity (Wildman–Crippen MR) is 115 cm³/mol. The molecule has 0 radical (unpaired) electrons. The molecule has 0 fully saturated rings. The minimum Gasteiger partial charge on any atom is -0.354 e. The molecule has 0 aliphatic rings. The zero-order chi connectivity index (χ0) is 21.6. The van der Waals surface area contributed by atoms with Crippen molar-refractivity contribution in [1.29, 1.82) is 0 Å². The zero-order valence-corrected chi connectivity index (χ0v) is 18.2. The molecule has 0 saturated carbocycles. The highest BCUT2D eigenvalue weighted by molar-refractivity contribution is 7.92. The molecule has 2 aromatic carbocycles. The van der Waals surface area contributed by atoms with Crippen molar-refractivity contribution in [3.8, 4) is 0 Å². The Morgan fingerprint density at radius 3 is 2.21 bits per heavy atom. The van der Waals surface area contributed by atoms with Gasteiger partial charge in [0.25, 0.3) is 0 Å². The number of halogens is 1. The van der Waals surface area contributed by atoms with Crippen LogP contribution in [0.5, 0.6) is 0 Å². The fourth-order valence-corrected chi connectivity index (χ4v) is 4.61. The topological polar surface area (TPSA) is 66.5 Å². The molecule has 0 aliphatic carbocycles. The van der Waals surface area contributed by atoms with Crippen molar-refractivity contribution in [3.05, 3.63) is 65.0 Å². The Bertz CT molecular complexity index is 923. The highest BCUT2D eigenvalue weighted by Crippen LogP contribution is 2.25. The van der Waals surface area contributed by atoms with Crippen LogP contribution in [-0.2, 0) is 21.2 Å². The molecule has 2 aromatic rings. The van der Waals surface area contributed by atoms with E-state index in [1.54, 1.807) is 31.2 Å². The van der Waals surface area contributed by atoms with Crippen LogP contribution in [0, 0.1) is 19.7 Å². The molecule has 1 amide bonds. The number of amides is 1. The number of sulfonamides is 1. The van der Waals surface area contributed by atoms with Gasteiger partial charge in [0.2, 0.25) is 15.9 Å². The molecule has 7 heteroatoms. The fourth-order valence-electron chi connectivity index (χ4n) is 3.41. The van der Waals surface area contributed by atoms with Crippen molar-refractivity contribution >= 4 is 21.6 Å². The highest BCUT2D eigenvalue weighted by atomic mass is 32.2. The number of aryl methyl sites for hydroxylation is 3. The van der Waals surface area contributed by atoms with E-state index in [4.69, 9.17) is 0 Å². The lowest BCUT2D eigenvalue weighted by Crippen LogP contribution is -2.49. The Morgan fingerprint density at radius 1 is 1.10 bits per heavy atom. The second-order valence-electron chi connectivity index (χ2n) is 7.35. The summed E-state index contributed by atoms with van der Waals surface area (Å²) >= 11 is 0. The van der Waals surface area contributed by atoms with Crippen LogP contribution in [0.2, 0.25) is 0 Å².